The molecule has 1 aliphatic carbocycles. The van der Waals surface area contributed by atoms with Crippen LogP contribution in [0.4, 0.5) is 8.78 Å². The van der Waals surface area contributed by atoms with Gasteiger partial charge in [0, 0.05) is 0 Å². The Labute approximate surface area is 97.6 Å². The maximum atomic E-state index is 13.5. The summed E-state index contributed by atoms with van der Waals surface area (Å²) in [4.78, 5) is 0. The molecule has 1 N–H and O–H groups in total. The highest BCUT2D eigenvalue weighted by Gasteiger charge is 2.33. The molecule has 0 spiro atoms. The maximum absolute atomic E-state index is 13.5. The molecule has 0 aliphatic heterocycles. The monoisotopic (exact) mass is 237 g/mol. The Balaban J connectivity index is 2.12. The van der Waals surface area contributed by atoms with Crippen molar-refractivity contribution in [2.45, 2.75) is 18.9 Å². The summed E-state index contributed by atoms with van der Waals surface area (Å²) < 4.78 is 32.5. The van der Waals surface area contributed by atoms with Crippen molar-refractivity contribution in [1.82, 2.24) is 5.32 Å². The van der Waals surface area contributed by atoms with Gasteiger partial charge in [-0.05, 0) is 44.0 Å². The van der Waals surface area contributed by atoms with E-state index in [1.54, 1.807) is 6.07 Å². The largest absolute Gasteiger partial charge is 0.456 e. The van der Waals surface area contributed by atoms with Crippen LogP contribution < -0.4 is 5.32 Å². The number of furan rings is 1. The van der Waals surface area contributed by atoms with Crippen molar-refractivity contribution < 1.29 is 13.2 Å². The normalized spacial score (nSPS) is 17.6. The number of rotatable bonds is 3. The number of benzene rings is 1. The van der Waals surface area contributed by atoms with Crippen molar-refractivity contribution in [3.63, 3.8) is 0 Å². The molecule has 2 aromatic rings. The van der Waals surface area contributed by atoms with E-state index in [9.17, 15) is 8.78 Å². The highest BCUT2D eigenvalue weighted by atomic mass is 19.1. The van der Waals surface area contributed by atoms with E-state index < -0.39 is 11.6 Å². The maximum Gasteiger partial charge on any atom is 0.172 e. The van der Waals surface area contributed by atoms with Gasteiger partial charge in [-0.25, -0.2) is 8.78 Å². The van der Waals surface area contributed by atoms with Crippen molar-refractivity contribution in [3.8, 4) is 0 Å². The van der Waals surface area contributed by atoms with E-state index in [2.05, 4.69) is 5.32 Å². The van der Waals surface area contributed by atoms with Gasteiger partial charge in [-0.2, -0.15) is 0 Å². The van der Waals surface area contributed by atoms with Gasteiger partial charge in [-0.15, -0.1) is 0 Å². The third-order valence-corrected chi connectivity index (χ3v) is 3.31. The lowest BCUT2D eigenvalue weighted by atomic mass is 10.1. The van der Waals surface area contributed by atoms with Gasteiger partial charge in [0.15, 0.2) is 11.4 Å². The van der Waals surface area contributed by atoms with Gasteiger partial charge in [0.05, 0.1) is 11.4 Å². The molecule has 1 fully saturated rings. The zero-order chi connectivity index (χ0) is 12.0. The van der Waals surface area contributed by atoms with Crippen molar-refractivity contribution in [1.29, 1.82) is 0 Å². The summed E-state index contributed by atoms with van der Waals surface area (Å²) in [7, 11) is 1.84. The first-order chi connectivity index (χ1) is 8.20. The van der Waals surface area contributed by atoms with E-state index in [1.807, 2.05) is 7.05 Å². The first-order valence-electron chi connectivity index (χ1n) is 5.75. The molecule has 2 nitrogen and oxygen atoms in total. The van der Waals surface area contributed by atoms with Crippen LogP contribution in [0.15, 0.2) is 22.6 Å². The fourth-order valence-corrected chi connectivity index (χ4v) is 2.27. The molecule has 0 bridgehead atoms. The molecule has 1 unspecified atom stereocenters. The number of fused-ring (bicyclic) bond motifs is 1. The minimum atomic E-state index is -0.515. The lowest BCUT2D eigenvalue weighted by Crippen LogP contribution is -2.17. The fraction of sp³-hybridized carbons (Fsp3) is 0.385. The quantitative estimate of drug-likeness (QED) is 0.885. The van der Waals surface area contributed by atoms with Crippen molar-refractivity contribution in [3.05, 3.63) is 35.6 Å². The summed E-state index contributed by atoms with van der Waals surface area (Å²) in [6.45, 7) is 0. The van der Waals surface area contributed by atoms with Crippen LogP contribution in [0.1, 0.15) is 24.6 Å². The first kappa shape index (κ1) is 10.7. The Morgan fingerprint density at radius 2 is 2.00 bits per heavy atom. The zero-order valence-corrected chi connectivity index (χ0v) is 9.47. The molecule has 1 aromatic heterocycles. The number of halogens is 2. The van der Waals surface area contributed by atoms with Gasteiger partial charge in [-0.3, -0.25) is 0 Å². The molecule has 1 atom stereocenters. The highest BCUT2D eigenvalue weighted by Crippen LogP contribution is 2.42. The molecule has 1 aliphatic rings. The molecule has 1 saturated carbocycles. The molecule has 90 valence electrons. The second kappa shape index (κ2) is 3.81. The first-order valence-corrected chi connectivity index (χ1v) is 5.75. The lowest BCUT2D eigenvalue weighted by Gasteiger charge is -2.11. The van der Waals surface area contributed by atoms with Gasteiger partial charge < -0.3 is 9.73 Å². The predicted octanol–water partition coefficient (Wildman–Crippen LogP) is 3.38. The summed E-state index contributed by atoms with van der Waals surface area (Å²) in [6.07, 6.45) is 2.26. The highest BCUT2D eigenvalue weighted by molar-refractivity contribution is 5.79. The second-order valence-electron chi connectivity index (χ2n) is 4.52. The van der Waals surface area contributed by atoms with Gasteiger partial charge in [0.1, 0.15) is 11.6 Å². The van der Waals surface area contributed by atoms with E-state index in [1.165, 1.54) is 0 Å². The predicted molar refractivity (Wildman–Crippen MR) is 60.7 cm³/mol. The van der Waals surface area contributed by atoms with Crippen LogP contribution in [-0.4, -0.2) is 7.05 Å². The van der Waals surface area contributed by atoms with Gasteiger partial charge in [0.25, 0.3) is 0 Å². The molecule has 17 heavy (non-hydrogen) atoms. The summed E-state index contributed by atoms with van der Waals surface area (Å²) in [6, 6.07) is 3.88. The number of hydrogen-bond donors (Lipinski definition) is 1. The summed E-state index contributed by atoms with van der Waals surface area (Å²) in [5.74, 6) is 0.182. The zero-order valence-electron chi connectivity index (χ0n) is 9.47. The Hall–Kier alpha value is -1.42. The van der Waals surface area contributed by atoms with E-state index in [0.29, 0.717) is 11.7 Å². The van der Waals surface area contributed by atoms with Gasteiger partial charge in [0.2, 0.25) is 0 Å². The minimum absolute atomic E-state index is 0.0147. The van der Waals surface area contributed by atoms with Crippen LogP contribution in [0.3, 0.4) is 0 Å². The van der Waals surface area contributed by atoms with Crippen molar-refractivity contribution >= 4 is 11.0 Å². The topological polar surface area (TPSA) is 25.2 Å². The second-order valence-corrected chi connectivity index (χ2v) is 4.52. The lowest BCUT2D eigenvalue weighted by molar-refractivity contribution is 0.413. The molecular weight excluding hydrogens is 224 g/mol. The van der Waals surface area contributed by atoms with E-state index in [4.69, 9.17) is 4.42 Å². The van der Waals surface area contributed by atoms with Gasteiger partial charge >= 0.3 is 0 Å². The molecule has 1 aromatic carbocycles. The summed E-state index contributed by atoms with van der Waals surface area (Å²) >= 11 is 0. The average molecular weight is 237 g/mol. The molecule has 0 radical (unpaired) electrons. The van der Waals surface area contributed by atoms with Gasteiger partial charge in [-0.1, -0.05) is 0 Å². The number of nitrogens with one attached hydrogen (secondary N) is 1. The van der Waals surface area contributed by atoms with Crippen molar-refractivity contribution in [2.75, 3.05) is 7.05 Å². The van der Waals surface area contributed by atoms with E-state index in [-0.39, 0.29) is 17.0 Å². The third kappa shape index (κ3) is 1.72. The van der Waals surface area contributed by atoms with Crippen LogP contribution in [0, 0.1) is 17.6 Å². The molecule has 1 heterocycles. The molecule has 3 rings (SSSR count). The van der Waals surface area contributed by atoms with Crippen LogP contribution in [0.25, 0.3) is 11.0 Å². The van der Waals surface area contributed by atoms with Crippen LogP contribution in [0.2, 0.25) is 0 Å². The van der Waals surface area contributed by atoms with E-state index in [0.717, 1.165) is 25.0 Å². The molecule has 4 heteroatoms. The molecule has 0 saturated heterocycles. The Morgan fingerprint density at radius 1 is 1.29 bits per heavy atom. The SMILES string of the molecule is CNC(c1cc2c(F)ccc(F)c2o1)C1CC1. The Kier molecular flexibility index (Phi) is 2.40. The van der Waals surface area contributed by atoms with Crippen LogP contribution in [-0.2, 0) is 0 Å². The summed E-state index contributed by atoms with van der Waals surface area (Å²) in [5, 5.41) is 3.36. The van der Waals surface area contributed by atoms with Crippen molar-refractivity contribution in [2.24, 2.45) is 5.92 Å². The molecule has 0 amide bonds. The number of hydrogen-bond acceptors (Lipinski definition) is 2. The third-order valence-electron chi connectivity index (χ3n) is 3.31. The summed E-state index contributed by atoms with van der Waals surface area (Å²) in [5.41, 5.74) is 0.0147. The smallest absolute Gasteiger partial charge is 0.172 e. The van der Waals surface area contributed by atoms with E-state index >= 15 is 0 Å². The minimum Gasteiger partial charge on any atom is -0.456 e. The standard InChI is InChI=1S/C13H13F2NO/c1-16-12(7-2-3-7)11-6-8-9(14)4-5-10(15)13(8)17-11/h4-7,12,16H,2-3H2,1H3. The molecular formula is C13H13F2NO. The van der Waals surface area contributed by atoms with Crippen LogP contribution >= 0.6 is 0 Å². The fourth-order valence-electron chi connectivity index (χ4n) is 2.27. The Morgan fingerprint density at radius 3 is 2.59 bits per heavy atom. The van der Waals surface area contributed by atoms with Crippen LogP contribution in [0.5, 0.6) is 0 Å². The Bertz CT molecular complexity index is 521. The average Bonchev–Trinajstić information content (AvgIpc) is 3.03.